The summed E-state index contributed by atoms with van der Waals surface area (Å²) in [7, 11) is 0. The highest BCUT2D eigenvalue weighted by molar-refractivity contribution is 5.65. The first kappa shape index (κ1) is 12.9. The van der Waals surface area contributed by atoms with Crippen LogP contribution in [0.5, 0.6) is 0 Å². The van der Waals surface area contributed by atoms with Gasteiger partial charge in [-0.3, -0.25) is 4.90 Å². The first-order valence-electron chi connectivity index (χ1n) is 6.49. The highest BCUT2D eigenvalue weighted by Gasteiger charge is 2.20. The minimum Gasteiger partial charge on any atom is -0.440 e. The largest absolute Gasteiger partial charge is 0.440 e. The molecule has 0 radical (unpaired) electrons. The first-order valence-corrected chi connectivity index (χ1v) is 6.49. The topological polar surface area (TPSA) is 55.6 Å². The minimum absolute atomic E-state index is 0.262. The zero-order valence-corrected chi connectivity index (χ0v) is 10.5. The van der Waals surface area contributed by atoms with Gasteiger partial charge in [0.15, 0.2) is 0 Å². The Balaban J connectivity index is 2.02. The summed E-state index contributed by atoms with van der Waals surface area (Å²) in [5.41, 5.74) is 6.16. The van der Waals surface area contributed by atoms with Gasteiger partial charge < -0.3 is 10.5 Å². The van der Waals surface area contributed by atoms with Gasteiger partial charge >= 0.3 is 6.09 Å². The number of nitrogens with two attached hydrogens (primary N) is 1. The molecule has 1 saturated heterocycles. The van der Waals surface area contributed by atoms with E-state index < -0.39 is 6.09 Å². The Labute approximate surface area is 108 Å². The summed E-state index contributed by atoms with van der Waals surface area (Å²) in [5, 5.41) is 0. The fourth-order valence-electron chi connectivity index (χ4n) is 2.40. The van der Waals surface area contributed by atoms with Crippen molar-refractivity contribution in [2.24, 2.45) is 5.73 Å². The Morgan fingerprint density at radius 3 is 2.50 bits per heavy atom. The molecular formula is C14H20N2O2. The third-order valence-corrected chi connectivity index (χ3v) is 3.30. The number of primary amides is 1. The van der Waals surface area contributed by atoms with Crippen molar-refractivity contribution in [2.75, 3.05) is 19.6 Å². The number of likely N-dealkylation sites (tertiary alicyclic amines) is 1. The van der Waals surface area contributed by atoms with Gasteiger partial charge in [-0.15, -0.1) is 0 Å². The number of hydrogen-bond acceptors (Lipinski definition) is 3. The van der Waals surface area contributed by atoms with E-state index in [0.717, 1.165) is 25.2 Å². The van der Waals surface area contributed by atoms with Crippen molar-refractivity contribution >= 4 is 6.09 Å². The van der Waals surface area contributed by atoms with Gasteiger partial charge in [-0.1, -0.05) is 36.8 Å². The van der Waals surface area contributed by atoms with Crippen molar-refractivity contribution in [1.29, 1.82) is 0 Å². The molecule has 2 N–H and O–H groups in total. The molecule has 0 saturated carbocycles. The van der Waals surface area contributed by atoms with E-state index in [1.165, 1.54) is 19.3 Å². The summed E-state index contributed by atoms with van der Waals surface area (Å²) in [6, 6.07) is 9.78. The van der Waals surface area contributed by atoms with Crippen LogP contribution in [0.2, 0.25) is 0 Å². The first-order chi connectivity index (χ1) is 8.75. The van der Waals surface area contributed by atoms with Crippen LogP contribution in [0, 0.1) is 0 Å². The van der Waals surface area contributed by atoms with E-state index in [0.29, 0.717) is 0 Å². The molecule has 1 fully saturated rings. The third-order valence-electron chi connectivity index (χ3n) is 3.30. The Kier molecular flexibility index (Phi) is 4.59. The average Bonchev–Trinajstić information content (AvgIpc) is 2.40. The van der Waals surface area contributed by atoms with Gasteiger partial charge in [-0.2, -0.15) is 0 Å². The number of ether oxygens (including phenoxy) is 1. The lowest BCUT2D eigenvalue weighted by Crippen LogP contribution is -2.35. The Morgan fingerprint density at radius 2 is 1.89 bits per heavy atom. The fourth-order valence-corrected chi connectivity index (χ4v) is 2.40. The monoisotopic (exact) mass is 248 g/mol. The van der Waals surface area contributed by atoms with Crippen molar-refractivity contribution in [2.45, 2.75) is 25.4 Å². The van der Waals surface area contributed by atoms with Crippen LogP contribution < -0.4 is 5.73 Å². The van der Waals surface area contributed by atoms with Crippen LogP contribution >= 0.6 is 0 Å². The highest BCUT2D eigenvalue weighted by Crippen LogP contribution is 2.20. The van der Waals surface area contributed by atoms with E-state index in [1.807, 2.05) is 30.3 Å². The summed E-state index contributed by atoms with van der Waals surface area (Å²) in [5.74, 6) is 0. The molecule has 1 amide bonds. The molecule has 0 spiro atoms. The summed E-state index contributed by atoms with van der Waals surface area (Å²) in [6.07, 6.45) is 2.77. The quantitative estimate of drug-likeness (QED) is 0.889. The van der Waals surface area contributed by atoms with Crippen molar-refractivity contribution in [3.05, 3.63) is 35.9 Å². The van der Waals surface area contributed by atoms with Gasteiger partial charge in [-0.05, 0) is 31.5 Å². The average molecular weight is 248 g/mol. The van der Waals surface area contributed by atoms with Gasteiger partial charge in [0.05, 0.1) is 0 Å². The smallest absolute Gasteiger partial charge is 0.405 e. The molecule has 0 bridgehead atoms. The molecule has 0 aromatic heterocycles. The molecule has 1 aromatic rings. The molecular weight excluding hydrogens is 228 g/mol. The molecule has 1 atom stereocenters. The molecule has 4 heteroatoms. The number of piperidine rings is 1. The predicted molar refractivity (Wildman–Crippen MR) is 70.1 cm³/mol. The van der Waals surface area contributed by atoms with E-state index in [9.17, 15) is 4.79 Å². The van der Waals surface area contributed by atoms with Crippen LogP contribution in [-0.2, 0) is 4.74 Å². The molecule has 4 nitrogen and oxygen atoms in total. The predicted octanol–water partition coefficient (Wildman–Crippen LogP) is 2.31. The molecule has 1 aromatic carbocycles. The second-order valence-electron chi connectivity index (χ2n) is 4.70. The van der Waals surface area contributed by atoms with Crippen LogP contribution in [0.15, 0.2) is 30.3 Å². The standard InChI is InChI=1S/C14H20N2O2/c15-14(17)18-13(12-7-3-1-4-8-12)11-16-9-5-2-6-10-16/h1,3-4,7-8,13H,2,5-6,9-11H2,(H2,15,17). The van der Waals surface area contributed by atoms with Crippen LogP contribution in [-0.4, -0.2) is 30.6 Å². The molecule has 2 rings (SSSR count). The summed E-state index contributed by atoms with van der Waals surface area (Å²) in [6.45, 7) is 2.88. The number of carbonyl (C=O) groups is 1. The van der Waals surface area contributed by atoms with Crippen molar-refractivity contribution in [3.8, 4) is 0 Å². The van der Waals surface area contributed by atoms with E-state index in [2.05, 4.69) is 4.90 Å². The maximum absolute atomic E-state index is 11.0. The SMILES string of the molecule is NC(=O)OC(CN1CCCCC1)c1ccccc1. The number of nitrogens with zero attached hydrogens (tertiary/aromatic N) is 1. The molecule has 1 aliphatic heterocycles. The van der Waals surface area contributed by atoms with Gasteiger partial charge in [0.25, 0.3) is 0 Å². The Bertz CT molecular complexity index is 375. The molecule has 0 aliphatic carbocycles. The summed E-state index contributed by atoms with van der Waals surface area (Å²) in [4.78, 5) is 13.3. The zero-order chi connectivity index (χ0) is 12.8. The molecule has 1 aliphatic rings. The summed E-state index contributed by atoms with van der Waals surface area (Å²) >= 11 is 0. The fraction of sp³-hybridized carbons (Fsp3) is 0.500. The Morgan fingerprint density at radius 1 is 1.22 bits per heavy atom. The van der Waals surface area contributed by atoms with E-state index in [-0.39, 0.29) is 6.10 Å². The van der Waals surface area contributed by atoms with Gasteiger partial charge in [0.2, 0.25) is 0 Å². The van der Waals surface area contributed by atoms with Crippen LogP contribution in [0.25, 0.3) is 0 Å². The van der Waals surface area contributed by atoms with Crippen molar-refractivity contribution < 1.29 is 9.53 Å². The summed E-state index contributed by atoms with van der Waals surface area (Å²) < 4.78 is 5.24. The number of amides is 1. The van der Waals surface area contributed by atoms with Crippen molar-refractivity contribution in [1.82, 2.24) is 4.90 Å². The normalized spacial score (nSPS) is 18.2. The second kappa shape index (κ2) is 6.40. The second-order valence-corrected chi connectivity index (χ2v) is 4.70. The van der Waals surface area contributed by atoms with Gasteiger partial charge in [0.1, 0.15) is 6.10 Å². The number of carbonyl (C=O) groups excluding carboxylic acids is 1. The van der Waals surface area contributed by atoms with Gasteiger partial charge in [0, 0.05) is 6.54 Å². The zero-order valence-electron chi connectivity index (χ0n) is 10.5. The van der Waals surface area contributed by atoms with Crippen molar-refractivity contribution in [3.63, 3.8) is 0 Å². The lowest BCUT2D eigenvalue weighted by molar-refractivity contribution is 0.0700. The number of rotatable bonds is 4. The van der Waals surface area contributed by atoms with E-state index in [1.54, 1.807) is 0 Å². The molecule has 18 heavy (non-hydrogen) atoms. The minimum atomic E-state index is -0.708. The maximum atomic E-state index is 11.0. The van der Waals surface area contributed by atoms with E-state index >= 15 is 0 Å². The lowest BCUT2D eigenvalue weighted by atomic mass is 10.1. The lowest BCUT2D eigenvalue weighted by Gasteiger charge is -2.30. The third kappa shape index (κ3) is 3.74. The number of hydrogen-bond donors (Lipinski definition) is 1. The molecule has 1 unspecified atom stereocenters. The maximum Gasteiger partial charge on any atom is 0.405 e. The van der Waals surface area contributed by atoms with Crippen LogP contribution in [0.3, 0.4) is 0 Å². The number of benzene rings is 1. The Hall–Kier alpha value is -1.55. The van der Waals surface area contributed by atoms with Gasteiger partial charge in [-0.25, -0.2) is 4.79 Å². The molecule has 1 heterocycles. The van der Waals surface area contributed by atoms with Crippen LogP contribution in [0.1, 0.15) is 30.9 Å². The molecule has 98 valence electrons. The van der Waals surface area contributed by atoms with E-state index in [4.69, 9.17) is 10.5 Å². The van der Waals surface area contributed by atoms with Crippen LogP contribution in [0.4, 0.5) is 4.79 Å². The highest BCUT2D eigenvalue weighted by atomic mass is 16.6.